The van der Waals surface area contributed by atoms with Gasteiger partial charge in [-0.25, -0.2) is 4.99 Å². The second kappa shape index (κ2) is 12.4. The van der Waals surface area contributed by atoms with E-state index in [2.05, 4.69) is 16.9 Å². The third-order valence-corrected chi connectivity index (χ3v) is 7.10. The Bertz CT molecular complexity index is 1380. The predicted molar refractivity (Wildman–Crippen MR) is 154 cm³/mol. The van der Waals surface area contributed by atoms with Crippen molar-refractivity contribution in [3.05, 3.63) is 104 Å². The van der Waals surface area contributed by atoms with E-state index in [1.54, 1.807) is 0 Å². The number of carbonyl (C=O) groups is 1. The monoisotopic (exact) mass is 552 g/mol. The first-order valence-electron chi connectivity index (χ1n) is 11.7. The van der Waals surface area contributed by atoms with Crippen molar-refractivity contribution in [2.24, 2.45) is 4.99 Å². The lowest BCUT2D eigenvalue weighted by atomic mass is 10.0. The maximum atomic E-state index is 12.7. The molecule has 0 spiro atoms. The predicted octanol–water partition coefficient (Wildman–Crippen LogP) is 7.90. The molecule has 1 heterocycles. The molecule has 37 heavy (non-hydrogen) atoms. The topological polar surface area (TPSA) is 59.9 Å². The summed E-state index contributed by atoms with van der Waals surface area (Å²) in [5.74, 6) is 1.05. The van der Waals surface area contributed by atoms with Crippen LogP contribution in [0.25, 0.3) is 6.08 Å². The highest BCUT2D eigenvalue weighted by Crippen LogP contribution is 2.37. The van der Waals surface area contributed by atoms with Gasteiger partial charge in [-0.15, -0.1) is 6.58 Å². The van der Waals surface area contributed by atoms with Crippen molar-refractivity contribution < 1.29 is 14.3 Å². The van der Waals surface area contributed by atoms with Crippen LogP contribution in [0.15, 0.2) is 77.1 Å². The fourth-order valence-electron chi connectivity index (χ4n) is 3.70. The van der Waals surface area contributed by atoms with Crippen LogP contribution >= 0.6 is 35.0 Å². The number of benzene rings is 3. The summed E-state index contributed by atoms with van der Waals surface area (Å²) in [5.41, 5.74) is 4.29. The van der Waals surface area contributed by atoms with Crippen LogP contribution in [0.3, 0.4) is 0 Å². The molecule has 5 nitrogen and oxygen atoms in total. The second-order valence-corrected chi connectivity index (χ2v) is 10.1. The minimum absolute atomic E-state index is 0.213. The lowest BCUT2D eigenvalue weighted by Gasteiger charge is -2.17. The van der Waals surface area contributed by atoms with Gasteiger partial charge in [-0.3, -0.25) is 4.79 Å². The molecule has 8 heteroatoms. The molecule has 3 aromatic rings. The van der Waals surface area contributed by atoms with Gasteiger partial charge in [-0.2, -0.15) is 0 Å². The average molecular weight is 554 g/mol. The van der Waals surface area contributed by atoms with Crippen molar-refractivity contribution in [1.29, 1.82) is 0 Å². The van der Waals surface area contributed by atoms with Gasteiger partial charge < -0.3 is 14.8 Å². The number of amidine groups is 1. The molecule has 1 fully saturated rings. The van der Waals surface area contributed by atoms with E-state index in [0.717, 1.165) is 22.3 Å². The van der Waals surface area contributed by atoms with Crippen molar-refractivity contribution in [3.8, 4) is 11.5 Å². The first-order valence-corrected chi connectivity index (χ1v) is 13.3. The number of aliphatic imine (C=N–C) groups is 1. The van der Waals surface area contributed by atoms with Crippen LogP contribution in [0.5, 0.6) is 11.5 Å². The van der Waals surface area contributed by atoms with E-state index in [4.69, 9.17) is 32.7 Å². The fourth-order valence-corrected chi connectivity index (χ4v) is 4.83. The quantitative estimate of drug-likeness (QED) is 0.216. The van der Waals surface area contributed by atoms with E-state index in [-0.39, 0.29) is 5.91 Å². The van der Waals surface area contributed by atoms with Gasteiger partial charge in [0, 0.05) is 15.6 Å². The number of nitrogens with zero attached hydrogens (tertiary/aromatic N) is 1. The third-order valence-electron chi connectivity index (χ3n) is 5.52. The van der Waals surface area contributed by atoms with Crippen LogP contribution in [0, 0.1) is 6.92 Å². The Kier molecular flexibility index (Phi) is 8.98. The Labute approximate surface area is 231 Å². The van der Waals surface area contributed by atoms with E-state index in [1.165, 1.54) is 11.8 Å². The Morgan fingerprint density at radius 3 is 2.62 bits per heavy atom. The zero-order valence-electron chi connectivity index (χ0n) is 20.5. The Hall–Kier alpha value is -3.19. The fraction of sp³-hybridized carbons (Fsp3) is 0.172. The number of hydrogen-bond acceptors (Lipinski definition) is 5. The Morgan fingerprint density at radius 1 is 1.11 bits per heavy atom. The molecule has 0 atom stereocenters. The van der Waals surface area contributed by atoms with Gasteiger partial charge in [-0.1, -0.05) is 47.5 Å². The van der Waals surface area contributed by atoms with Crippen LogP contribution in [-0.2, 0) is 17.8 Å². The molecule has 0 aromatic heterocycles. The summed E-state index contributed by atoms with van der Waals surface area (Å²) >= 11 is 13.5. The van der Waals surface area contributed by atoms with E-state index in [1.807, 2.05) is 80.6 Å². The van der Waals surface area contributed by atoms with E-state index in [9.17, 15) is 4.79 Å². The average Bonchev–Trinajstić information content (AvgIpc) is 3.21. The number of carbonyl (C=O) groups excluding carboxylic acids is 1. The number of thioether (sulfide) groups is 1. The maximum Gasteiger partial charge on any atom is 0.264 e. The number of allylic oxidation sites excluding steroid dienone is 1. The number of ether oxygens (including phenoxy) is 2. The summed E-state index contributed by atoms with van der Waals surface area (Å²) in [6.45, 7) is 8.54. The van der Waals surface area contributed by atoms with Gasteiger partial charge in [-0.05, 0) is 91.2 Å². The van der Waals surface area contributed by atoms with Crippen molar-refractivity contribution in [1.82, 2.24) is 5.32 Å². The van der Waals surface area contributed by atoms with Gasteiger partial charge in [0.2, 0.25) is 0 Å². The maximum absolute atomic E-state index is 12.7. The molecule has 1 amide bonds. The summed E-state index contributed by atoms with van der Waals surface area (Å²) in [7, 11) is 0. The molecule has 4 rings (SSSR count). The summed E-state index contributed by atoms with van der Waals surface area (Å²) in [5, 5.41) is 4.64. The standard InChI is InChI=1S/C29H26Cl2N2O3S/c1-4-7-21-14-20(15-25(35-5-2)27(21)36-17-19-10-12-22(30)13-11-19)16-26-28(34)33-29(37-26)32-24-9-6-8-23(31)18(24)3/h4,6,8-16H,1,5,7,17H2,2-3H3,(H,32,33,34)/b26-16+. The molecule has 0 bridgehead atoms. The van der Waals surface area contributed by atoms with E-state index in [0.29, 0.717) is 56.9 Å². The highest BCUT2D eigenvalue weighted by atomic mass is 35.5. The van der Waals surface area contributed by atoms with Gasteiger partial charge >= 0.3 is 0 Å². The van der Waals surface area contributed by atoms with Gasteiger partial charge in [0.05, 0.1) is 17.2 Å². The first kappa shape index (κ1) is 26.9. The van der Waals surface area contributed by atoms with Crippen LogP contribution in [-0.4, -0.2) is 17.7 Å². The second-order valence-electron chi connectivity index (χ2n) is 8.21. The SMILES string of the molecule is C=CCc1cc(/C=C2/SC(=Nc3cccc(Cl)c3C)NC2=O)cc(OCC)c1OCc1ccc(Cl)cc1. The third kappa shape index (κ3) is 6.77. The van der Waals surface area contributed by atoms with Crippen molar-refractivity contribution in [2.75, 3.05) is 6.61 Å². The first-order chi connectivity index (χ1) is 17.9. The Balaban J connectivity index is 1.63. The molecule has 3 aromatic carbocycles. The largest absolute Gasteiger partial charge is 0.490 e. The molecule has 1 N–H and O–H groups in total. The summed E-state index contributed by atoms with van der Waals surface area (Å²) in [6, 6.07) is 16.9. The summed E-state index contributed by atoms with van der Waals surface area (Å²) in [6.07, 6.45) is 4.21. The molecule has 1 saturated heterocycles. The minimum atomic E-state index is -0.213. The van der Waals surface area contributed by atoms with Crippen LogP contribution in [0.4, 0.5) is 5.69 Å². The summed E-state index contributed by atoms with van der Waals surface area (Å²) < 4.78 is 12.1. The highest BCUT2D eigenvalue weighted by Gasteiger charge is 2.24. The van der Waals surface area contributed by atoms with Crippen molar-refractivity contribution in [3.63, 3.8) is 0 Å². The van der Waals surface area contributed by atoms with Gasteiger partial charge in [0.15, 0.2) is 16.7 Å². The minimum Gasteiger partial charge on any atom is -0.490 e. The number of rotatable bonds is 9. The van der Waals surface area contributed by atoms with E-state index < -0.39 is 0 Å². The van der Waals surface area contributed by atoms with Gasteiger partial charge in [0.1, 0.15) is 6.61 Å². The molecule has 190 valence electrons. The van der Waals surface area contributed by atoms with E-state index >= 15 is 0 Å². The number of amides is 1. The normalized spacial score (nSPS) is 15.2. The molecular formula is C29H26Cl2N2O3S. The molecular weight excluding hydrogens is 527 g/mol. The van der Waals surface area contributed by atoms with Crippen LogP contribution in [0.1, 0.15) is 29.2 Å². The summed E-state index contributed by atoms with van der Waals surface area (Å²) in [4.78, 5) is 17.8. The van der Waals surface area contributed by atoms with Crippen molar-refractivity contribution >= 4 is 57.8 Å². The number of nitrogens with one attached hydrogen (secondary N) is 1. The lowest BCUT2D eigenvalue weighted by molar-refractivity contribution is -0.115. The molecule has 0 radical (unpaired) electrons. The van der Waals surface area contributed by atoms with Crippen LogP contribution in [0.2, 0.25) is 10.0 Å². The Morgan fingerprint density at radius 2 is 1.89 bits per heavy atom. The number of halogens is 2. The molecule has 0 unspecified atom stereocenters. The van der Waals surface area contributed by atoms with Crippen LogP contribution < -0.4 is 14.8 Å². The lowest BCUT2D eigenvalue weighted by Crippen LogP contribution is -2.19. The van der Waals surface area contributed by atoms with Crippen molar-refractivity contribution in [2.45, 2.75) is 26.9 Å². The number of hydrogen-bond donors (Lipinski definition) is 1. The zero-order chi connectivity index (χ0) is 26.4. The highest BCUT2D eigenvalue weighted by molar-refractivity contribution is 8.18. The molecule has 0 aliphatic carbocycles. The molecule has 1 aliphatic heterocycles. The molecule has 1 aliphatic rings. The zero-order valence-corrected chi connectivity index (χ0v) is 22.8. The molecule has 0 saturated carbocycles. The smallest absolute Gasteiger partial charge is 0.264 e. The van der Waals surface area contributed by atoms with Gasteiger partial charge in [0.25, 0.3) is 5.91 Å².